The molecule has 0 aromatic carbocycles. The number of carbonyl (C=O) groups excluding carboxylic acids is 3. The Kier molecular flexibility index (Phi) is 8.08. The number of likely N-dealkylation sites (N-methyl/N-ethyl adjacent to an activating group) is 2. The number of carbonyl (C=O) groups is 3. The molecule has 3 unspecified atom stereocenters. The lowest BCUT2D eigenvalue weighted by molar-refractivity contribution is -0.165. The normalized spacial score (nSPS) is 15.0. The number of methoxy groups -OCH3 is 1. The Bertz CT molecular complexity index is 411. The van der Waals surface area contributed by atoms with E-state index in [1.54, 1.807) is 20.9 Å². The van der Waals surface area contributed by atoms with Gasteiger partial charge in [0, 0.05) is 27.2 Å². The Hall–Kier alpha value is -1.63. The lowest BCUT2D eigenvalue weighted by Crippen LogP contribution is -2.48. The highest BCUT2D eigenvalue weighted by Crippen LogP contribution is 2.08. The molecule has 0 saturated carbocycles. The van der Waals surface area contributed by atoms with Gasteiger partial charge in [0.25, 0.3) is 11.8 Å². The van der Waals surface area contributed by atoms with Crippen LogP contribution in [0.25, 0.3) is 0 Å². The first kappa shape index (κ1) is 20.4. The SMILES string of the molecule is COC(C)C(=O)N(C)C(C)C(=O)OC(C)C(=O)N(C)C(C)C. The van der Waals surface area contributed by atoms with Gasteiger partial charge in [0.15, 0.2) is 6.10 Å². The Balaban J connectivity index is 4.71. The van der Waals surface area contributed by atoms with Crippen LogP contribution in [0.5, 0.6) is 0 Å². The second-order valence-electron chi connectivity index (χ2n) is 5.63. The molecule has 0 aliphatic rings. The summed E-state index contributed by atoms with van der Waals surface area (Å²) in [7, 11) is 4.56. The summed E-state index contributed by atoms with van der Waals surface area (Å²) >= 11 is 0. The van der Waals surface area contributed by atoms with E-state index in [0.717, 1.165) is 0 Å². The van der Waals surface area contributed by atoms with Gasteiger partial charge in [0.1, 0.15) is 12.1 Å². The molecule has 0 heterocycles. The van der Waals surface area contributed by atoms with Crippen molar-refractivity contribution >= 4 is 17.8 Å². The number of rotatable bonds is 7. The van der Waals surface area contributed by atoms with Gasteiger partial charge in [0.2, 0.25) is 0 Å². The van der Waals surface area contributed by atoms with Crippen molar-refractivity contribution in [2.45, 2.75) is 58.9 Å². The topological polar surface area (TPSA) is 76.1 Å². The number of nitrogens with zero attached hydrogens (tertiary/aromatic N) is 2. The predicted molar refractivity (Wildman–Crippen MR) is 82.2 cm³/mol. The van der Waals surface area contributed by atoms with Crippen molar-refractivity contribution in [3.8, 4) is 0 Å². The fourth-order valence-corrected chi connectivity index (χ4v) is 1.60. The highest BCUT2D eigenvalue weighted by atomic mass is 16.5. The van der Waals surface area contributed by atoms with E-state index in [2.05, 4.69) is 0 Å². The van der Waals surface area contributed by atoms with Crippen molar-refractivity contribution in [2.75, 3.05) is 21.2 Å². The van der Waals surface area contributed by atoms with Crippen LogP contribution in [0.15, 0.2) is 0 Å². The Labute approximate surface area is 132 Å². The summed E-state index contributed by atoms with van der Waals surface area (Å²) in [6.45, 7) is 8.40. The van der Waals surface area contributed by atoms with E-state index in [1.807, 2.05) is 13.8 Å². The molecule has 0 radical (unpaired) electrons. The van der Waals surface area contributed by atoms with Crippen molar-refractivity contribution in [1.82, 2.24) is 9.80 Å². The zero-order chi connectivity index (χ0) is 17.6. The van der Waals surface area contributed by atoms with Crippen molar-refractivity contribution in [3.63, 3.8) is 0 Å². The van der Waals surface area contributed by atoms with Crippen LogP contribution in [0, 0.1) is 0 Å². The lowest BCUT2D eigenvalue weighted by atomic mass is 10.2. The first-order valence-corrected chi connectivity index (χ1v) is 7.31. The standard InChI is InChI=1S/C15H28N2O5/c1-9(2)16(6)14(19)12(5)22-15(20)10(3)17(7)13(18)11(4)21-8/h9-12H,1-8H3. The molecule has 7 heteroatoms. The van der Waals surface area contributed by atoms with Gasteiger partial charge in [-0.05, 0) is 34.6 Å². The molecule has 0 bridgehead atoms. The molecule has 0 aromatic heterocycles. The molecular weight excluding hydrogens is 288 g/mol. The minimum Gasteiger partial charge on any atom is -0.451 e. The van der Waals surface area contributed by atoms with Gasteiger partial charge in [-0.1, -0.05) is 0 Å². The molecule has 2 amide bonds. The largest absolute Gasteiger partial charge is 0.451 e. The van der Waals surface area contributed by atoms with Crippen LogP contribution in [0.2, 0.25) is 0 Å². The van der Waals surface area contributed by atoms with E-state index in [4.69, 9.17) is 9.47 Å². The second kappa shape index (κ2) is 8.73. The number of ether oxygens (including phenoxy) is 2. The highest BCUT2D eigenvalue weighted by Gasteiger charge is 2.30. The molecule has 0 fully saturated rings. The van der Waals surface area contributed by atoms with Crippen LogP contribution >= 0.6 is 0 Å². The second-order valence-corrected chi connectivity index (χ2v) is 5.63. The maximum Gasteiger partial charge on any atom is 0.329 e. The van der Waals surface area contributed by atoms with Crippen LogP contribution in [-0.2, 0) is 23.9 Å². The van der Waals surface area contributed by atoms with E-state index in [0.29, 0.717) is 0 Å². The van der Waals surface area contributed by atoms with Gasteiger partial charge in [-0.15, -0.1) is 0 Å². The molecule has 0 N–H and O–H groups in total. The summed E-state index contributed by atoms with van der Waals surface area (Å²) in [5, 5.41) is 0. The van der Waals surface area contributed by atoms with Crippen molar-refractivity contribution in [3.05, 3.63) is 0 Å². The smallest absolute Gasteiger partial charge is 0.329 e. The highest BCUT2D eigenvalue weighted by molar-refractivity contribution is 5.88. The fraction of sp³-hybridized carbons (Fsp3) is 0.800. The van der Waals surface area contributed by atoms with E-state index in [1.165, 1.54) is 30.9 Å². The summed E-state index contributed by atoms with van der Waals surface area (Å²) in [6.07, 6.45) is -1.54. The predicted octanol–water partition coefficient (Wildman–Crippen LogP) is 0.667. The van der Waals surface area contributed by atoms with Gasteiger partial charge in [0.05, 0.1) is 0 Å². The van der Waals surface area contributed by atoms with Crippen LogP contribution in [-0.4, -0.2) is 73.1 Å². The van der Waals surface area contributed by atoms with Crippen LogP contribution in [0.1, 0.15) is 34.6 Å². The minimum absolute atomic E-state index is 0.0119. The zero-order valence-corrected chi connectivity index (χ0v) is 14.7. The molecule has 0 saturated heterocycles. The maximum atomic E-state index is 12.1. The molecule has 22 heavy (non-hydrogen) atoms. The Morgan fingerprint density at radius 3 is 1.68 bits per heavy atom. The third kappa shape index (κ3) is 5.29. The Morgan fingerprint density at radius 2 is 1.27 bits per heavy atom. The lowest BCUT2D eigenvalue weighted by Gasteiger charge is -2.28. The molecular formula is C15H28N2O5. The molecule has 0 aliphatic carbocycles. The number of esters is 1. The number of amides is 2. The summed E-state index contributed by atoms with van der Waals surface area (Å²) in [6, 6.07) is -0.789. The van der Waals surface area contributed by atoms with Gasteiger partial charge in [-0.3, -0.25) is 9.59 Å². The average molecular weight is 316 g/mol. The van der Waals surface area contributed by atoms with E-state index in [-0.39, 0.29) is 17.9 Å². The molecule has 3 atom stereocenters. The molecule has 0 aromatic rings. The fourth-order valence-electron chi connectivity index (χ4n) is 1.60. The van der Waals surface area contributed by atoms with Crippen LogP contribution < -0.4 is 0 Å². The third-order valence-electron chi connectivity index (χ3n) is 3.73. The van der Waals surface area contributed by atoms with Crippen molar-refractivity contribution < 1.29 is 23.9 Å². The summed E-state index contributed by atoms with van der Waals surface area (Å²) < 4.78 is 10.1. The molecule has 7 nitrogen and oxygen atoms in total. The average Bonchev–Trinajstić information content (AvgIpc) is 2.49. The molecule has 0 aliphatic heterocycles. The van der Waals surface area contributed by atoms with Gasteiger partial charge in [-0.2, -0.15) is 0 Å². The number of hydrogen-bond donors (Lipinski definition) is 0. The van der Waals surface area contributed by atoms with Crippen LogP contribution in [0.3, 0.4) is 0 Å². The summed E-state index contributed by atoms with van der Waals surface area (Å²) in [4.78, 5) is 38.8. The summed E-state index contributed by atoms with van der Waals surface area (Å²) in [5.41, 5.74) is 0. The van der Waals surface area contributed by atoms with Gasteiger partial charge < -0.3 is 19.3 Å². The van der Waals surface area contributed by atoms with Crippen LogP contribution in [0.4, 0.5) is 0 Å². The maximum absolute atomic E-state index is 12.1. The van der Waals surface area contributed by atoms with Gasteiger partial charge >= 0.3 is 5.97 Å². The zero-order valence-electron chi connectivity index (χ0n) is 14.7. The van der Waals surface area contributed by atoms with Crippen molar-refractivity contribution in [1.29, 1.82) is 0 Å². The third-order valence-corrected chi connectivity index (χ3v) is 3.73. The van der Waals surface area contributed by atoms with E-state index in [9.17, 15) is 14.4 Å². The quantitative estimate of drug-likeness (QED) is 0.645. The van der Waals surface area contributed by atoms with E-state index < -0.39 is 24.2 Å². The molecule has 0 rings (SSSR count). The summed E-state index contributed by atoms with van der Waals surface area (Å²) in [5.74, 6) is -1.24. The monoisotopic (exact) mass is 316 g/mol. The first-order chi connectivity index (χ1) is 10.0. The molecule has 128 valence electrons. The Morgan fingerprint density at radius 1 is 0.818 bits per heavy atom. The molecule has 0 spiro atoms. The minimum atomic E-state index is -0.897. The van der Waals surface area contributed by atoms with E-state index >= 15 is 0 Å². The first-order valence-electron chi connectivity index (χ1n) is 7.31. The number of hydrogen-bond acceptors (Lipinski definition) is 5. The van der Waals surface area contributed by atoms with Gasteiger partial charge in [-0.25, -0.2) is 4.79 Å². The van der Waals surface area contributed by atoms with Crippen molar-refractivity contribution in [2.24, 2.45) is 0 Å².